The average molecular weight is 349 g/mol. The van der Waals surface area contributed by atoms with Crippen molar-refractivity contribution in [2.24, 2.45) is 0 Å². The van der Waals surface area contributed by atoms with Gasteiger partial charge >= 0.3 is 7.60 Å². The topological polar surface area (TPSA) is 83.1 Å². The Kier molecular flexibility index (Phi) is 6.57. The summed E-state index contributed by atoms with van der Waals surface area (Å²) in [6, 6.07) is 16.8. The van der Waals surface area contributed by atoms with Gasteiger partial charge in [-0.2, -0.15) is 0 Å². The van der Waals surface area contributed by atoms with Gasteiger partial charge in [-0.1, -0.05) is 52.3 Å². The van der Waals surface area contributed by atoms with Crippen molar-refractivity contribution >= 4 is 13.5 Å². The number of benzene rings is 2. The molecule has 8 heteroatoms. The van der Waals surface area contributed by atoms with Gasteiger partial charge in [0, 0.05) is 0 Å². The van der Waals surface area contributed by atoms with Crippen molar-refractivity contribution in [2.45, 2.75) is 0 Å². The summed E-state index contributed by atoms with van der Waals surface area (Å²) in [5.74, 6) is 0.0917. The Labute approximate surface area is 139 Å². The summed E-state index contributed by atoms with van der Waals surface area (Å²) in [6.07, 6.45) is 0.567. The smallest absolute Gasteiger partial charge is 0.341 e. The molecule has 0 bridgehead atoms. The van der Waals surface area contributed by atoms with E-state index in [4.69, 9.17) is 19.1 Å². The molecule has 0 aliphatic rings. The largest absolute Gasteiger partial charge is 0.423 e. The molecule has 2 rings (SSSR count). The normalized spacial score (nSPS) is 10.7. The molecule has 0 saturated heterocycles. The van der Waals surface area contributed by atoms with Crippen LogP contribution in [0.2, 0.25) is 0 Å². The van der Waals surface area contributed by atoms with E-state index in [1.54, 1.807) is 60.7 Å². The Morgan fingerprint density at radius 2 is 1.42 bits per heavy atom. The number of amides is 1. The molecule has 0 aliphatic carbocycles. The van der Waals surface area contributed by atoms with Gasteiger partial charge in [0.15, 0.2) is 11.5 Å². The number of nitrogens with one attached hydrogen (secondary N) is 1. The van der Waals surface area contributed by atoms with Crippen molar-refractivity contribution in [1.82, 2.24) is 5.32 Å². The van der Waals surface area contributed by atoms with E-state index < -0.39 is 19.8 Å². The molecule has 0 saturated carbocycles. The number of para-hydroxylation sites is 2. The highest BCUT2D eigenvalue weighted by Crippen LogP contribution is 2.47. The van der Waals surface area contributed by atoms with Gasteiger partial charge in [-0.15, -0.1) is 0 Å². The number of rotatable bonds is 9. The third kappa shape index (κ3) is 5.89. The molecule has 24 heavy (non-hydrogen) atoms. The fourth-order valence-electron chi connectivity index (χ4n) is 1.46. The zero-order chi connectivity index (χ0) is 17.3. The summed E-state index contributed by atoms with van der Waals surface area (Å²) in [5, 5.41) is 2.32. The van der Waals surface area contributed by atoms with Gasteiger partial charge in [-0.25, -0.2) is 0 Å². The molecular weight excluding hydrogens is 333 g/mol. The third-order valence-corrected chi connectivity index (χ3v) is 3.76. The first-order valence-electron chi connectivity index (χ1n) is 6.93. The van der Waals surface area contributed by atoms with Gasteiger partial charge < -0.3 is 15.1 Å². The van der Waals surface area contributed by atoms with Crippen LogP contribution in [0.4, 0.5) is 0 Å². The monoisotopic (exact) mass is 349 g/mol. The molecule has 0 aromatic heterocycles. The Morgan fingerprint density at radius 1 is 0.958 bits per heavy atom. The summed E-state index contributed by atoms with van der Waals surface area (Å²) >= 11 is 0. The first kappa shape index (κ1) is 17.7. The minimum atomic E-state index is -3.94. The van der Waals surface area contributed by atoms with Crippen LogP contribution >= 0.6 is 7.60 Å². The van der Waals surface area contributed by atoms with Gasteiger partial charge in [0.2, 0.25) is 5.91 Å². The fourth-order valence-corrected chi connectivity index (χ4v) is 2.34. The van der Waals surface area contributed by atoms with E-state index in [-0.39, 0.29) is 0 Å². The lowest BCUT2D eigenvalue weighted by Gasteiger charge is -2.16. The quantitative estimate of drug-likeness (QED) is 0.323. The van der Waals surface area contributed by atoms with Crippen molar-refractivity contribution in [3.05, 3.63) is 73.3 Å². The highest BCUT2D eigenvalue weighted by Gasteiger charge is 2.30. The van der Waals surface area contributed by atoms with E-state index >= 15 is 0 Å². The molecule has 126 valence electrons. The van der Waals surface area contributed by atoms with Crippen molar-refractivity contribution in [1.29, 1.82) is 0 Å². The second-order valence-corrected chi connectivity index (χ2v) is 6.29. The molecule has 1 amide bonds. The number of hydrogen-bond donors (Lipinski definition) is 1. The standard InChI is InChI=1S/C16H16NO6P/c1-2-16(18)17-13-24(19,22-20-14-9-5-3-6-10-14)23-21-15-11-7-4-8-12-15/h2-12H,1,13H2,(H,17,18). The van der Waals surface area contributed by atoms with Crippen LogP contribution in [0.25, 0.3) is 0 Å². The van der Waals surface area contributed by atoms with Gasteiger partial charge in [0.25, 0.3) is 0 Å². The van der Waals surface area contributed by atoms with Gasteiger partial charge in [-0.05, 0) is 30.3 Å². The minimum absolute atomic E-state index is 0.316. The fraction of sp³-hybridized carbons (Fsp3) is 0.0625. The zero-order valence-corrected chi connectivity index (χ0v) is 13.6. The first-order chi connectivity index (χ1) is 11.6. The molecular formula is C16H16NO6P. The summed E-state index contributed by atoms with van der Waals surface area (Å²) in [7, 11) is -3.94. The van der Waals surface area contributed by atoms with Crippen LogP contribution in [-0.2, 0) is 18.7 Å². The summed E-state index contributed by atoms with van der Waals surface area (Å²) in [4.78, 5) is 21.2. The van der Waals surface area contributed by atoms with Crippen LogP contribution < -0.4 is 15.1 Å². The highest BCUT2D eigenvalue weighted by atomic mass is 31.2. The molecule has 0 atom stereocenters. The van der Waals surface area contributed by atoms with Gasteiger partial charge in [0.05, 0.1) is 0 Å². The lowest BCUT2D eigenvalue weighted by molar-refractivity contribution is -0.171. The maximum absolute atomic E-state index is 12.6. The third-order valence-electron chi connectivity index (χ3n) is 2.61. The summed E-state index contributed by atoms with van der Waals surface area (Å²) < 4.78 is 22.4. The number of carbonyl (C=O) groups excluding carboxylic acids is 1. The molecule has 0 heterocycles. The average Bonchev–Trinajstić information content (AvgIpc) is 2.65. The van der Waals surface area contributed by atoms with Gasteiger partial charge in [0.1, 0.15) is 6.29 Å². The molecule has 0 radical (unpaired) electrons. The van der Waals surface area contributed by atoms with Crippen LogP contribution in [-0.4, -0.2) is 12.2 Å². The van der Waals surface area contributed by atoms with E-state index in [0.717, 1.165) is 6.08 Å². The van der Waals surface area contributed by atoms with Gasteiger partial charge in [-0.3, -0.25) is 9.36 Å². The van der Waals surface area contributed by atoms with E-state index in [2.05, 4.69) is 11.9 Å². The Hall–Kier alpha value is -2.60. The van der Waals surface area contributed by atoms with E-state index in [9.17, 15) is 9.36 Å². The van der Waals surface area contributed by atoms with Crippen LogP contribution in [0.5, 0.6) is 11.5 Å². The maximum atomic E-state index is 12.6. The lowest BCUT2D eigenvalue weighted by atomic mass is 10.3. The second-order valence-electron chi connectivity index (χ2n) is 4.46. The number of carbonyl (C=O) groups is 1. The first-order valence-corrected chi connectivity index (χ1v) is 8.66. The Balaban J connectivity index is 2.00. The lowest BCUT2D eigenvalue weighted by Crippen LogP contribution is -2.24. The van der Waals surface area contributed by atoms with Crippen LogP contribution in [0.15, 0.2) is 73.3 Å². The second kappa shape index (κ2) is 8.88. The maximum Gasteiger partial charge on any atom is 0.423 e. The molecule has 0 spiro atoms. The summed E-state index contributed by atoms with van der Waals surface area (Å²) in [5.41, 5.74) is 0. The highest BCUT2D eigenvalue weighted by molar-refractivity contribution is 7.53. The van der Waals surface area contributed by atoms with Crippen molar-refractivity contribution in [2.75, 3.05) is 6.29 Å². The molecule has 1 N–H and O–H groups in total. The van der Waals surface area contributed by atoms with E-state index in [0.29, 0.717) is 11.5 Å². The Morgan fingerprint density at radius 3 is 1.83 bits per heavy atom. The van der Waals surface area contributed by atoms with Crippen LogP contribution in [0.1, 0.15) is 0 Å². The SMILES string of the molecule is C=CC(=O)NCP(=O)(OOc1ccccc1)OOc1ccccc1. The summed E-state index contributed by atoms with van der Waals surface area (Å²) in [6.45, 7) is 3.30. The van der Waals surface area contributed by atoms with Crippen molar-refractivity contribution in [3.63, 3.8) is 0 Å². The zero-order valence-electron chi connectivity index (χ0n) is 12.7. The van der Waals surface area contributed by atoms with Crippen LogP contribution in [0.3, 0.4) is 0 Å². The number of hydrogen-bond acceptors (Lipinski definition) is 6. The molecule has 7 nitrogen and oxygen atoms in total. The molecule has 2 aromatic rings. The van der Waals surface area contributed by atoms with E-state index in [1.807, 2.05) is 0 Å². The minimum Gasteiger partial charge on any atom is -0.341 e. The van der Waals surface area contributed by atoms with Crippen molar-refractivity contribution in [3.8, 4) is 11.5 Å². The predicted octanol–water partition coefficient (Wildman–Crippen LogP) is 3.46. The molecule has 2 aromatic carbocycles. The Bertz CT molecular complexity index is 660. The molecule has 0 unspecified atom stereocenters. The van der Waals surface area contributed by atoms with Crippen molar-refractivity contribution < 1.29 is 28.5 Å². The predicted molar refractivity (Wildman–Crippen MR) is 87.1 cm³/mol. The molecule has 0 fully saturated rings. The van der Waals surface area contributed by atoms with E-state index in [1.165, 1.54) is 0 Å². The molecule has 0 aliphatic heterocycles. The van der Waals surface area contributed by atoms with Crippen LogP contribution in [0, 0.1) is 0 Å².